The van der Waals surface area contributed by atoms with Crippen molar-refractivity contribution in [3.63, 3.8) is 0 Å². The summed E-state index contributed by atoms with van der Waals surface area (Å²) in [6.45, 7) is 13.7. The molecule has 0 N–H and O–H groups in total. The lowest BCUT2D eigenvalue weighted by molar-refractivity contribution is 0.318. The minimum atomic E-state index is 0.215. The molecule has 3 aromatic rings. The van der Waals surface area contributed by atoms with E-state index in [9.17, 15) is 0 Å². The van der Waals surface area contributed by atoms with Crippen molar-refractivity contribution in [1.29, 1.82) is 0 Å². The van der Waals surface area contributed by atoms with E-state index >= 15 is 0 Å². The van der Waals surface area contributed by atoms with Crippen LogP contribution in [0, 0.1) is 56.3 Å². The molecule has 0 saturated heterocycles. The van der Waals surface area contributed by atoms with Crippen LogP contribution in [0.15, 0.2) is 131 Å². The Hall–Kier alpha value is -4.48. The summed E-state index contributed by atoms with van der Waals surface area (Å²) < 4.78 is 0. The van der Waals surface area contributed by atoms with Crippen LogP contribution >= 0.6 is 0 Å². The van der Waals surface area contributed by atoms with Crippen LogP contribution in [0.5, 0.6) is 0 Å². The van der Waals surface area contributed by atoms with Crippen LogP contribution in [-0.2, 0) is 0 Å². The van der Waals surface area contributed by atoms with E-state index in [0.717, 1.165) is 19.3 Å². The first-order valence-electron chi connectivity index (χ1n) is 17.1. The third-order valence-electron chi connectivity index (χ3n) is 10.6. The number of rotatable bonds is 6. The van der Waals surface area contributed by atoms with Gasteiger partial charge in [-0.05, 0) is 105 Å². The summed E-state index contributed by atoms with van der Waals surface area (Å²) in [5, 5.41) is 0. The molecule has 2 nitrogen and oxygen atoms in total. The van der Waals surface area contributed by atoms with Gasteiger partial charge in [0, 0.05) is 58.2 Å². The highest BCUT2D eigenvalue weighted by molar-refractivity contribution is 5.75. The molecule has 4 aliphatic carbocycles. The summed E-state index contributed by atoms with van der Waals surface area (Å²) in [5.74, 6) is 8.76. The highest BCUT2D eigenvalue weighted by Crippen LogP contribution is 2.54. The Bertz CT molecular complexity index is 1840. The van der Waals surface area contributed by atoms with E-state index in [1.54, 1.807) is 0 Å². The molecule has 0 radical (unpaired) electrons. The van der Waals surface area contributed by atoms with E-state index in [4.69, 9.17) is 0 Å². The molecule has 7 rings (SSSR count). The SMILES string of the molecule is CC1=CC=CC(N(C2=C3C#CCCC3=C(N(c3cccc(C)c3)c3cccc(C)c3)C3C(C)C=CCC23)c2cccc(C)c2)C1C. The predicted molar refractivity (Wildman–Crippen MR) is 195 cm³/mol. The lowest BCUT2D eigenvalue weighted by atomic mass is 9.65. The zero-order chi connectivity index (χ0) is 31.9. The van der Waals surface area contributed by atoms with Crippen LogP contribution in [0.3, 0.4) is 0 Å². The summed E-state index contributed by atoms with van der Waals surface area (Å²) in [7, 11) is 0. The van der Waals surface area contributed by atoms with Crippen molar-refractivity contribution in [3.05, 3.63) is 148 Å². The van der Waals surface area contributed by atoms with Gasteiger partial charge in [-0.2, -0.15) is 0 Å². The number of aryl methyl sites for hydroxylation is 3. The predicted octanol–water partition coefficient (Wildman–Crippen LogP) is 10.9. The Kier molecular flexibility index (Phi) is 8.12. The first kappa shape index (κ1) is 30.2. The van der Waals surface area contributed by atoms with Crippen molar-refractivity contribution < 1.29 is 0 Å². The standard InChI is InChI=1S/C44H46N2/c1-29-14-9-19-35(26-29)45(36-20-10-15-30(2)27-36)44-39-23-8-7-22-38(39)43(40-24-12-18-33(5)42(40)44)46(37-21-11-16-31(3)28-37)41-25-13-17-32(4)34(41)6/h9-21,25-28,33-34,40-42H,8,23-24H2,1-6H3. The van der Waals surface area contributed by atoms with Crippen molar-refractivity contribution in [3.8, 4) is 11.8 Å². The summed E-state index contributed by atoms with van der Waals surface area (Å²) in [6, 6.07) is 27.4. The van der Waals surface area contributed by atoms with Gasteiger partial charge in [0.25, 0.3) is 0 Å². The monoisotopic (exact) mass is 602 g/mol. The molecule has 3 aromatic carbocycles. The van der Waals surface area contributed by atoms with Crippen LogP contribution in [0.2, 0.25) is 0 Å². The van der Waals surface area contributed by atoms with Gasteiger partial charge in [-0.1, -0.05) is 98.0 Å². The highest BCUT2D eigenvalue weighted by atomic mass is 15.2. The summed E-state index contributed by atoms with van der Waals surface area (Å²) in [4.78, 5) is 5.30. The van der Waals surface area contributed by atoms with Gasteiger partial charge in [0.2, 0.25) is 0 Å². The fraction of sp³-hybridized carbons (Fsp3) is 0.318. The molecule has 46 heavy (non-hydrogen) atoms. The van der Waals surface area contributed by atoms with Gasteiger partial charge in [-0.15, -0.1) is 0 Å². The minimum absolute atomic E-state index is 0.215. The summed E-state index contributed by atoms with van der Waals surface area (Å²) in [6.07, 6.45) is 14.7. The molecule has 0 bridgehead atoms. The maximum absolute atomic E-state index is 3.80. The molecule has 5 unspecified atom stereocenters. The maximum Gasteiger partial charge on any atom is 0.0585 e. The molecule has 2 heteroatoms. The van der Waals surface area contributed by atoms with Gasteiger partial charge in [0.05, 0.1) is 6.04 Å². The molecule has 0 saturated carbocycles. The molecule has 0 aromatic heterocycles. The third kappa shape index (κ3) is 5.37. The topological polar surface area (TPSA) is 6.48 Å². The van der Waals surface area contributed by atoms with Crippen LogP contribution in [0.4, 0.5) is 17.1 Å². The zero-order valence-corrected chi connectivity index (χ0v) is 28.2. The number of hydrogen-bond acceptors (Lipinski definition) is 2. The molecular weight excluding hydrogens is 556 g/mol. The Morgan fingerprint density at radius 3 is 2.02 bits per heavy atom. The quantitative estimate of drug-likeness (QED) is 0.205. The fourth-order valence-electron chi connectivity index (χ4n) is 8.21. The molecular formula is C44H46N2. The number of hydrogen-bond donors (Lipinski definition) is 0. The van der Waals surface area contributed by atoms with E-state index in [2.05, 4.69) is 166 Å². The molecule has 4 aliphatic rings. The second-order valence-electron chi connectivity index (χ2n) is 13.9. The summed E-state index contributed by atoms with van der Waals surface area (Å²) >= 11 is 0. The van der Waals surface area contributed by atoms with Gasteiger partial charge in [0.1, 0.15) is 0 Å². The Balaban J connectivity index is 1.55. The van der Waals surface area contributed by atoms with Crippen LogP contribution in [0.1, 0.15) is 56.7 Å². The molecule has 232 valence electrons. The highest BCUT2D eigenvalue weighted by Gasteiger charge is 2.46. The van der Waals surface area contributed by atoms with Gasteiger partial charge >= 0.3 is 0 Å². The van der Waals surface area contributed by atoms with E-state index in [1.807, 2.05) is 0 Å². The maximum atomic E-state index is 3.80. The Morgan fingerprint density at radius 1 is 0.739 bits per heavy atom. The van der Waals surface area contributed by atoms with Crippen molar-refractivity contribution in [2.75, 3.05) is 9.80 Å². The molecule has 0 spiro atoms. The minimum Gasteiger partial charge on any atom is -0.336 e. The van der Waals surface area contributed by atoms with Gasteiger partial charge in [0.15, 0.2) is 0 Å². The van der Waals surface area contributed by atoms with Crippen LogP contribution in [0.25, 0.3) is 0 Å². The van der Waals surface area contributed by atoms with E-state index in [1.165, 1.54) is 61.9 Å². The normalized spacial score (nSPS) is 24.9. The van der Waals surface area contributed by atoms with Crippen molar-refractivity contribution >= 4 is 17.1 Å². The van der Waals surface area contributed by atoms with Gasteiger partial charge < -0.3 is 9.80 Å². The smallest absolute Gasteiger partial charge is 0.0585 e. The largest absolute Gasteiger partial charge is 0.336 e. The number of fused-ring (bicyclic) bond motifs is 2. The second-order valence-corrected chi connectivity index (χ2v) is 13.9. The third-order valence-corrected chi connectivity index (χ3v) is 10.6. The molecule has 5 atom stereocenters. The number of nitrogens with zero attached hydrogens (tertiary/aromatic N) is 2. The van der Waals surface area contributed by atoms with E-state index in [-0.39, 0.29) is 6.04 Å². The van der Waals surface area contributed by atoms with Crippen molar-refractivity contribution in [2.45, 2.75) is 66.8 Å². The number of benzene rings is 3. The average molecular weight is 603 g/mol. The average Bonchev–Trinajstić information content (AvgIpc) is 3.04. The molecule has 0 amide bonds. The van der Waals surface area contributed by atoms with Crippen molar-refractivity contribution in [1.82, 2.24) is 0 Å². The summed E-state index contributed by atoms with van der Waals surface area (Å²) in [5.41, 5.74) is 14.5. The van der Waals surface area contributed by atoms with Gasteiger partial charge in [-0.3, -0.25) is 0 Å². The molecule has 0 aliphatic heterocycles. The van der Waals surface area contributed by atoms with Crippen LogP contribution in [-0.4, -0.2) is 6.04 Å². The number of anilines is 3. The number of allylic oxidation sites excluding steroid dienone is 8. The van der Waals surface area contributed by atoms with E-state index in [0.29, 0.717) is 23.7 Å². The first-order valence-corrected chi connectivity index (χ1v) is 17.1. The Morgan fingerprint density at radius 2 is 1.37 bits per heavy atom. The van der Waals surface area contributed by atoms with E-state index < -0.39 is 0 Å². The zero-order valence-electron chi connectivity index (χ0n) is 28.2. The Labute approximate surface area is 276 Å². The lowest BCUT2D eigenvalue weighted by Crippen LogP contribution is -2.47. The van der Waals surface area contributed by atoms with Crippen molar-refractivity contribution in [2.24, 2.45) is 23.7 Å². The fourth-order valence-corrected chi connectivity index (χ4v) is 8.21. The first-order chi connectivity index (χ1) is 22.3. The molecule has 0 fully saturated rings. The second kappa shape index (κ2) is 12.4. The van der Waals surface area contributed by atoms with Crippen LogP contribution < -0.4 is 9.80 Å². The lowest BCUT2D eigenvalue weighted by Gasteiger charge is -2.50. The molecule has 0 heterocycles. The van der Waals surface area contributed by atoms with Gasteiger partial charge in [-0.25, -0.2) is 0 Å².